The van der Waals surface area contributed by atoms with Crippen molar-refractivity contribution < 1.29 is 13.9 Å². The number of nitrogens with zero attached hydrogens (tertiary/aromatic N) is 4. The molecule has 3 aromatic rings. The highest BCUT2D eigenvalue weighted by Gasteiger charge is 2.22. The van der Waals surface area contributed by atoms with E-state index in [2.05, 4.69) is 15.5 Å². The van der Waals surface area contributed by atoms with Gasteiger partial charge >= 0.3 is 0 Å². The Morgan fingerprint density at radius 3 is 2.74 bits per heavy atom. The predicted octanol–water partition coefficient (Wildman–Crippen LogP) is 4.28. The molecule has 162 valence electrons. The maximum Gasteiger partial charge on any atom is 0.234 e. The largest absolute Gasteiger partial charge is 0.378 e. The zero-order valence-corrected chi connectivity index (χ0v) is 18.6. The van der Waals surface area contributed by atoms with Crippen LogP contribution in [-0.4, -0.2) is 52.7 Å². The highest BCUT2D eigenvalue weighted by molar-refractivity contribution is 7.99. The summed E-state index contributed by atoms with van der Waals surface area (Å²) in [5.74, 6) is -0.0200. The van der Waals surface area contributed by atoms with Gasteiger partial charge in [0.1, 0.15) is 5.82 Å². The number of hydrogen-bond donors (Lipinski definition) is 1. The first-order valence-electron chi connectivity index (χ1n) is 9.43. The number of benzene rings is 2. The number of carbonyl (C=O) groups is 1. The molecule has 1 aliphatic rings. The van der Waals surface area contributed by atoms with Crippen molar-refractivity contribution in [1.82, 2.24) is 14.8 Å². The average molecular weight is 482 g/mol. The van der Waals surface area contributed by atoms with Gasteiger partial charge in [-0.05, 0) is 36.4 Å². The Bertz CT molecular complexity index is 1090. The van der Waals surface area contributed by atoms with Crippen molar-refractivity contribution in [1.29, 1.82) is 0 Å². The normalized spacial score (nSPS) is 14.0. The van der Waals surface area contributed by atoms with Crippen LogP contribution in [-0.2, 0) is 9.53 Å². The minimum atomic E-state index is -0.372. The molecule has 1 N–H and O–H groups in total. The molecule has 0 saturated carbocycles. The summed E-state index contributed by atoms with van der Waals surface area (Å²) < 4.78 is 21.1. The third-order valence-corrected chi connectivity index (χ3v) is 6.01. The van der Waals surface area contributed by atoms with Crippen molar-refractivity contribution in [3.63, 3.8) is 0 Å². The van der Waals surface area contributed by atoms with Gasteiger partial charge in [0.15, 0.2) is 5.16 Å². The number of thioether (sulfide) groups is 1. The highest BCUT2D eigenvalue weighted by atomic mass is 35.5. The van der Waals surface area contributed by atoms with Gasteiger partial charge in [-0.1, -0.05) is 41.0 Å². The fourth-order valence-corrected chi connectivity index (χ4v) is 4.16. The zero-order chi connectivity index (χ0) is 21.8. The SMILES string of the molecule is O=C(CSc1nnc(N2CCOCC2)n1-c1cccc(F)c1)Nc1cc(Cl)ccc1Cl. The summed E-state index contributed by atoms with van der Waals surface area (Å²) in [6.07, 6.45) is 0. The lowest BCUT2D eigenvalue weighted by molar-refractivity contribution is -0.113. The van der Waals surface area contributed by atoms with E-state index in [1.54, 1.807) is 34.9 Å². The van der Waals surface area contributed by atoms with E-state index < -0.39 is 0 Å². The molecule has 7 nitrogen and oxygen atoms in total. The summed E-state index contributed by atoms with van der Waals surface area (Å²) in [6, 6.07) is 11.0. The summed E-state index contributed by atoms with van der Waals surface area (Å²) in [7, 11) is 0. The smallest absolute Gasteiger partial charge is 0.234 e. The molecule has 0 spiro atoms. The van der Waals surface area contributed by atoms with Gasteiger partial charge in [0.25, 0.3) is 0 Å². The molecular weight excluding hydrogens is 464 g/mol. The number of ether oxygens (including phenoxy) is 1. The van der Waals surface area contributed by atoms with E-state index in [1.807, 2.05) is 4.90 Å². The first-order chi connectivity index (χ1) is 15.0. The molecule has 0 unspecified atom stereocenters. The molecule has 0 atom stereocenters. The third-order valence-electron chi connectivity index (χ3n) is 4.51. The summed E-state index contributed by atoms with van der Waals surface area (Å²) in [5, 5.41) is 12.6. The molecule has 1 aliphatic heterocycles. The second-order valence-electron chi connectivity index (χ2n) is 6.66. The van der Waals surface area contributed by atoms with Crippen LogP contribution in [0.1, 0.15) is 0 Å². The highest BCUT2D eigenvalue weighted by Crippen LogP contribution is 2.29. The van der Waals surface area contributed by atoms with Crippen molar-refractivity contribution in [2.75, 3.05) is 42.3 Å². The number of amides is 1. The van der Waals surface area contributed by atoms with Gasteiger partial charge in [-0.3, -0.25) is 9.36 Å². The number of morpholine rings is 1. The van der Waals surface area contributed by atoms with Gasteiger partial charge in [0, 0.05) is 18.1 Å². The number of halogens is 3. The molecule has 31 heavy (non-hydrogen) atoms. The molecule has 1 aromatic heterocycles. The van der Waals surface area contributed by atoms with Gasteiger partial charge < -0.3 is 15.0 Å². The molecule has 4 rings (SSSR count). The van der Waals surface area contributed by atoms with Crippen LogP contribution in [0.15, 0.2) is 47.6 Å². The van der Waals surface area contributed by atoms with Crippen LogP contribution in [0.4, 0.5) is 16.0 Å². The zero-order valence-electron chi connectivity index (χ0n) is 16.2. The fraction of sp³-hybridized carbons (Fsp3) is 0.250. The molecular formula is C20H18Cl2FN5O2S. The first-order valence-corrected chi connectivity index (χ1v) is 11.2. The van der Waals surface area contributed by atoms with Gasteiger partial charge in [0.05, 0.1) is 35.4 Å². The van der Waals surface area contributed by atoms with E-state index in [0.717, 1.165) is 0 Å². The van der Waals surface area contributed by atoms with E-state index in [0.29, 0.717) is 58.8 Å². The second-order valence-corrected chi connectivity index (χ2v) is 8.44. The van der Waals surface area contributed by atoms with E-state index in [-0.39, 0.29) is 17.5 Å². The molecule has 0 radical (unpaired) electrons. The van der Waals surface area contributed by atoms with E-state index >= 15 is 0 Å². The molecule has 0 aliphatic carbocycles. The lowest BCUT2D eigenvalue weighted by atomic mass is 10.3. The van der Waals surface area contributed by atoms with Crippen LogP contribution in [0, 0.1) is 5.82 Å². The van der Waals surface area contributed by atoms with Crippen LogP contribution in [0.2, 0.25) is 10.0 Å². The Labute approximate surface area is 192 Å². The predicted molar refractivity (Wildman–Crippen MR) is 120 cm³/mol. The van der Waals surface area contributed by atoms with Gasteiger partial charge in [-0.2, -0.15) is 0 Å². The Morgan fingerprint density at radius 2 is 1.97 bits per heavy atom. The number of nitrogens with one attached hydrogen (secondary N) is 1. The van der Waals surface area contributed by atoms with Crippen LogP contribution in [0.5, 0.6) is 0 Å². The van der Waals surface area contributed by atoms with Crippen molar-refractivity contribution in [2.45, 2.75) is 5.16 Å². The first kappa shape index (κ1) is 21.9. The number of hydrogen-bond acceptors (Lipinski definition) is 6. The fourth-order valence-electron chi connectivity index (χ4n) is 3.07. The molecule has 2 heterocycles. The Balaban J connectivity index is 1.55. The molecule has 1 saturated heterocycles. The lowest BCUT2D eigenvalue weighted by Crippen LogP contribution is -2.37. The third kappa shape index (κ3) is 5.30. The van der Waals surface area contributed by atoms with Gasteiger partial charge in [-0.15, -0.1) is 10.2 Å². The Hall–Kier alpha value is -2.33. The molecule has 0 bridgehead atoms. The average Bonchev–Trinajstić information content (AvgIpc) is 3.19. The molecule has 1 amide bonds. The van der Waals surface area contributed by atoms with Crippen LogP contribution >= 0.6 is 35.0 Å². The second kappa shape index (κ2) is 9.86. The maximum atomic E-state index is 13.9. The minimum Gasteiger partial charge on any atom is -0.378 e. The number of rotatable bonds is 6. The van der Waals surface area contributed by atoms with E-state index in [4.69, 9.17) is 27.9 Å². The minimum absolute atomic E-state index is 0.0550. The van der Waals surface area contributed by atoms with Crippen molar-refractivity contribution in [3.8, 4) is 5.69 Å². The van der Waals surface area contributed by atoms with Gasteiger partial charge in [-0.25, -0.2) is 4.39 Å². The maximum absolute atomic E-state index is 13.9. The number of carbonyl (C=O) groups excluding carboxylic acids is 1. The van der Waals surface area contributed by atoms with Crippen molar-refractivity contribution in [3.05, 3.63) is 58.3 Å². The monoisotopic (exact) mass is 481 g/mol. The van der Waals surface area contributed by atoms with E-state index in [1.165, 1.54) is 23.9 Å². The quantitative estimate of drug-likeness (QED) is 0.529. The Morgan fingerprint density at radius 1 is 1.16 bits per heavy atom. The van der Waals surface area contributed by atoms with E-state index in [9.17, 15) is 9.18 Å². The molecule has 11 heteroatoms. The van der Waals surface area contributed by atoms with Crippen LogP contribution in [0.25, 0.3) is 5.69 Å². The Kier molecular flexibility index (Phi) is 6.96. The summed E-state index contributed by atoms with van der Waals surface area (Å²) in [4.78, 5) is 14.5. The number of aromatic nitrogens is 3. The van der Waals surface area contributed by atoms with Crippen molar-refractivity contribution >= 4 is 52.5 Å². The number of anilines is 2. The van der Waals surface area contributed by atoms with Crippen molar-refractivity contribution in [2.24, 2.45) is 0 Å². The summed E-state index contributed by atoms with van der Waals surface area (Å²) in [5.41, 5.74) is 1.01. The molecule has 2 aromatic carbocycles. The van der Waals surface area contributed by atoms with Crippen LogP contribution < -0.4 is 10.2 Å². The molecule has 1 fully saturated rings. The lowest BCUT2D eigenvalue weighted by Gasteiger charge is -2.27. The summed E-state index contributed by atoms with van der Waals surface area (Å²) in [6.45, 7) is 2.43. The standard InChI is InChI=1S/C20H18Cl2FN5O2S/c21-13-4-5-16(22)17(10-13)24-18(29)12-31-20-26-25-19(27-6-8-30-9-7-27)28(20)15-3-1-2-14(23)11-15/h1-5,10-11H,6-9,12H2,(H,24,29). The summed E-state index contributed by atoms with van der Waals surface area (Å²) >= 11 is 13.3. The topological polar surface area (TPSA) is 72.3 Å². The van der Waals surface area contributed by atoms with Crippen LogP contribution in [0.3, 0.4) is 0 Å². The van der Waals surface area contributed by atoms with Gasteiger partial charge in [0.2, 0.25) is 11.9 Å².